The summed E-state index contributed by atoms with van der Waals surface area (Å²) in [6.45, 7) is 17.3. The molecular weight excluding hydrogens is 628 g/mol. The fourth-order valence-corrected chi connectivity index (χ4v) is 6.82. The van der Waals surface area contributed by atoms with Gasteiger partial charge in [-0.15, -0.1) is 0 Å². The third-order valence-electron chi connectivity index (χ3n) is 9.81. The topological polar surface area (TPSA) is 128 Å². The molecule has 48 heavy (non-hydrogen) atoms. The molecule has 0 aliphatic heterocycles. The minimum atomic E-state index is -1.12. The van der Waals surface area contributed by atoms with Gasteiger partial charge in [0.2, 0.25) is 11.8 Å². The van der Waals surface area contributed by atoms with Crippen molar-refractivity contribution in [3.8, 4) is 0 Å². The summed E-state index contributed by atoms with van der Waals surface area (Å²) in [5.74, 6) is -0.0806. The summed E-state index contributed by atoms with van der Waals surface area (Å²) in [5, 5.41) is 9.84. The average molecular weight is 681 g/mol. The quantitative estimate of drug-likeness (QED) is 0.155. The predicted octanol–water partition coefficient (Wildman–Crippen LogP) is 6.46. The number of halogens is 1. The molecule has 0 saturated heterocycles. The van der Waals surface area contributed by atoms with Gasteiger partial charge in [-0.25, -0.2) is 9.78 Å². The van der Waals surface area contributed by atoms with Crippen LogP contribution in [0.4, 0.5) is 4.79 Å². The van der Waals surface area contributed by atoms with E-state index in [0.29, 0.717) is 41.6 Å². The minimum absolute atomic E-state index is 0.0842. The van der Waals surface area contributed by atoms with E-state index in [1.807, 2.05) is 90.9 Å². The van der Waals surface area contributed by atoms with Gasteiger partial charge in [0, 0.05) is 37.7 Å². The molecule has 1 fully saturated rings. The number of imidazole rings is 1. The molecule has 4 N–H and O–H groups in total. The SMILES string of the molecule is CCNC(=O)[C@H](NC(=O)C(C)(COC)c1ccc2nc([C@@H](NC(=O)N(CC)CC)[C@H](c3ccccc3Cl)C3(C)CC3)[nH]c2c1)C(C)(C)C. The number of hydrogen-bond donors (Lipinski definition) is 4. The number of hydrogen-bond acceptors (Lipinski definition) is 5. The van der Waals surface area contributed by atoms with Crippen LogP contribution in [0.15, 0.2) is 42.5 Å². The lowest BCUT2D eigenvalue weighted by atomic mass is 9.78. The Morgan fingerprint density at radius 3 is 2.27 bits per heavy atom. The molecule has 4 amide bonds. The van der Waals surface area contributed by atoms with Gasteiger partial charge in [-0.2, -0.15) is 0 Å². The molecule has 1 heterocycles. The van der Waals surface area contributed by atoms with Crippen molar-refractivity contribution >= 4 is 40.5 Å². The van der Waals surface area contributed by atoms with Crippen LogP contribution in [0.1, 0.15) is 97.1 Å². The van der Waals surface area contributed by atoms with Gasteiger partial charge in [-0.3, -0.25) is 9.59 Å². The Morgan fingerprint density at radius 1 is 1.04 bits per heavy atom. The van der Waals surface area contributed by atoms with E-state index in [1.165, 1.54) is 0 Å². The molecule has 3 aromatic rings. The van der Waals surface area contributed by atoms with Gasteiger partial charge in [0.15, 0.2) is 0 Å². The van der Waals surface area contributed by atoms with Crippen LogP contribution < -0.4 is 16.0 Å². The molecule has 11 heteroatoms. The molecule has 2 aromatic carbocycles. The normalized spacial score (nSPS) is 17.1. The number of carbonyl (C=O) groups excluding carboxylic acids is 3. The van der Waals surface area contributed by atoms with E-state index < -0.39 is 22.9 Å². The van der Waals surface area contributed by atoms with Crippen LogP contribution in [0, 0.1) is 10.8 Å². The first kappa shape index (κ1) is 37.2. The molecular formula is C37H53ClN6O4. The second-order valence-corrected chi connectivity index (χ2v) is 14.9. The highest BCUT2D eigenvalue weighted by Crippen LogP contribution is 2.60. The summed E-state index contributed by atoms with van der Waals surface area (Å²) in [7, 11) is 1.56. The molecule has 4 rings (SSSR count). The lowest BCUT2D eigenvalue weighted by Crippen LogP contribution is -2.58. The number of rotatable bonds is 14. The summed E-state index contributed by atoms with van der Waals surface area (Å²) in [5.41, 5.74) is 1.36. The van der Waals surface area contributed by atoms with Gasteiger partial charge in [-0.05, 0) is 80.7 Å². The average Bonchev–Trinajstić information content (AvgIpc) is 3.62. The second kappa shape index (κ2) is 14.9. The molecule has 1 unspecified atom stereocenters. The smallest absolute Gasteiger partial charge is 0.317 e. The molecule has 1 aliphatic rings. The Morgan fingerprint density at radius 2 is 1.71 bits per heavy atom. The van der Waals surface area contributed by atoms with Gasteiger partial charge >= 0.3 is 6.03 Å². The van der Waals surface area contributed by atoms with Crippen molar-refractivity contribution in [2.24, 2.45) is 10.8 Å². The molecule has 0 bridgehead atoms. The molecule has 0 spiro atoms. The fourth-order valence-electron chi connectivity index (χ4n) is 6.57. The number of H-pyrrole nitrogens is 1. The van der Waals surface area contributed by atoms with Crippen LogP contribution in [0.25, 0.3) is 11.0 Å². The van der Waals surface area contributed by atoms with E-state index in [2.05, 4.69) is 27.9 Å². The third kappa shape index (κ3) is 7.81. The van der Waals surface area contributed by atoms with Crippen LogP contribution in [0.3, 0.4) is 0 Å². The van der Waals surface area contributed by atoms with E-state index in [9.17, 15) is 14.4 Å². The maximum atomic E-state index is 14.0. The van der Waals surface area contributed by atoms with Gasteiger partial charge in [0.1, 0.15) is 11.9 Å². The first-order chi connectivity index (χ1) is 22.6. The lowest BCUT2D eigenvalue weighted by molar-refractivity contribution is -0.135. The Hall–Kier alpha value is -3.63. The molecule has 4 atom stereocenters. The van der Waals surface area contributed by atoms with Crippen molar-refractivity contribution in [2.45, 2.75) is 91.6 Å². The molecule has 1 saturated carbocycles. The summed E-state index contributed by atoms with van der Waals surface area (Å²) in [6, 6.07) is 12.1. The number of aromatic amines is 1. The molecule has 262 valence electrons. The predicted molar refractivity (Wildman–Crippen MR) is 191 cm³/mol. The minimum Gasteiger partial charge on any atom is -0.383 e. The zero-order valence-corrected chi connectivity index (χ0v) is 30.7. The van der Waals surface area contributed by atoms with Gasteiger partial charge in [0.25, 0.3) is 0 Å². The Kier molecular flexibility index (Phi) is 11.5. The van der Waals surface area contributed by atoms with Gasteiger partial charge < -0.3 is 30.6 Å². The third-order valence-corrected chi connectivity index (χ3v) is 10.2. The Balaban J connectivity index is 1.79. The van der Waals surface area contributed by atoms with Crippen LogP contribution in [-0.4, -0.2) is 72.1 Å². The fraction of sp³-hybridized carbons (Fsp3) is 0.568. The van der Waals surface area contributed by atoms with E-state index in [-0.39, 0.29) is 35.8 Å². The number of nitrogens with zero attached hydrogens (tertiary/aromatic N) is 2. The highest BCUT2D eigenvalue weighted by atomic mass is 35.5. The largest absolute Gasteiger partial charge is 0.383 e. The number of nitrogens with one attached hydrogen (secondary N) is 4. The number of likely N-dealkylation sites (N-methyl/N-ethyl adjacent to an activating group) is 1. The van der Waals surface area contributed by atoms with Crippen molar-refractivity contribution in [3.63, 3.8) is 0 Å². The van der Waals surface area contributed by atoms with E-state index in [4.69, 9.17) is 21.3 Å². The summed E-state index contributed by atoms with van der Waals surface area (Å²) >= 11 is 6.82. The van der Waals surface area contributed by atoms with E-state index in [0.717, 1.165) is 23.9 Å². The van der Waals surface area contributed by atoms with E-state index >= 15 is 0 Å². The number of benzene rings is 2. The number of methoxy groups -OCH3 is 1. The highest BCUT2D eigenvalue weighted by Gasteiger charge is 2.51. The Bertz CT molecular complexity index is 1610. The van der Waals surface area contributed by atoms with Crippen molar-refractivity contribution in [3.05, 3.63) is 64.4 Å². The molecule has 10 nitrogen and oxygen atoms in total. The van der Waals surface area contributed by atoms with Crippen LogP contribution in [-0.2, 0) is 19.7 Å². The second-order valence-electron chi connectivity index (χ2n) is 14.5. The van der Waals surface area contributed by atoms with E-state index in [1.54, 1.807) is 12.0 Å². The number of urea groups is 1. The van der Waals surface area contributed by atoms with Crippen LogP contribution in [0.2, 0.25) is 5.02 Å². The van der Waals surface area contributed by atoms with Crippen LogP contribution in [0.5, 0.6) is 0 Å². The number of ether oxygens (including phenoxy) is 1. The summed E-state index contributed by atoms with van der Waals surface area (Å²) in [6.07, 6.45) is 2.00. The molecule has 0 radical (unpaired) electrons. The standard InChI is InChI=1S/C37H53ClN6O4/c1-10-39-32(45)30(35(4,5)6)43-33(46)37(8,22-48-9)23-17-18-26-27(21-23)41-31(40-26)29(42-34(47)44(11-2)12-3)28(36(7)19-20-36)24-15-13-14-16-25(24)38/h13-18,21,28-30H,10-12,19-20,22H2,1-9H3,(H,39,45)(H,40,41)(H,42,47)(H,43,46)/t28-,29-,30-,37?/m0/s1. The zero-order chi connectivity index (χ0) is 35.4. The van der Waals surface area contributed by atoms with Gasteiger partial charge in [0.05, 0.1) is 29.1 Å². The Labute approximate surface area is 290 Å². The van der Waals surface area contributed by atoms with Crippen LogP contribution >= 0.6 is 11.6 Å². The number of fused-ring (bicyclic) bond motifs is 1. The maximum Gasteiger partial charge on any atom is 0.317 e. The van der Waals surface area contributed by atoms with Crippen molar-refractivity contribution in [1.82, 2.24) is 30.8 Å². The number of carbonyl (C=O) groups is 3. The molecule has 1 aromatic heterocycles. The number of amides is 4. The first-order valence-electron chi connectivity index (χ1n) is 17.0. The first-order valence-corrected chi connectivity index (χ1v) is 17.4. The lowest BCUT2D eigenvalue weighted by Gasteiger charge is -2.35. The van der Waals surface area contributed by atoms with Crippen molar-refractivity contribution in [2.75, 3.05) is 33.4 Å². The summed E-state index contributed by atoms with van der Waals surface area (Å²) in [4.78, 5) is 50.9. The zero-order valence-electron chi connectivity index (χ0n) is 29.9. The summed E-state index contributed by atoms with van der Waals surface area (Å²) < 4.78 is 5.58. The monoisotopic (exact) mass is 680 g/mol. The number of aromatic nitrogens is 2. The van der Waals surface area contributed by atoms with Crippen molar-refractivity contribution < 1.29 is 19.1 Å². The maximum absolute atomic E-state index is 14.0. The van der Waals surface area contributed by atoms with Gasteiger partial charge in [-0.1, -0.05) is 63.6 Å². The molecule has 1 aliphatic carbocycles. The van der Waals surface area contributed by atoms with Crippen molar-refractivity contribution in [1.29, 1.82) is 0 Å². The highest BCUT2D eigenvalue weighted by molar-refractivity contribution is 6.31.